The predicted molar refractivity (Wildman–Crippen MR) is 55.4 cm³/mol. The number of carboxylic acids is 1. The van der Waals surface area contributed by atoms with Crippen molar-refractivity contribution in [2.45, 2.75) is 0 Å². The molecule has 1 heterocycles. The quantitative estimate of drug-likeness (QED) is 0.716. The molecule has 2 rings (SSSR count). The average Bonchev–Trinajstić information content (AvgIpc) is 2.61. The number of anilines is 1. The molecule has 2 aromatic rings. The molecule has 0 radical (unpaired) electrons. The Morgan fingerprint density at radius 3 is 2.50 bits per heavy atom. The fourth-order valence-corrected chi connectivity index (χ4v) is 1.34. The first-order valence-electron chi connectivity index (χ1n) is 4.42. The lowest BCUT2D eigenvalue weighted by Crippen LogP contribution is -2.01. The molecule has 0 fully saturated rings. The fourth-order valence-electron chi connectivity index (χ4n) is 1.34. The van der Waals surface area contributed by atoms with Crippen molar-refractivity contribution < 1.29 is 14.3 Å². The Morgan fingerprint density at radius 1 is 1.38 bits per heavy atom. The maximum atomic E-state index is 12.7. The van der Waals surface area contributed by atoms with Gasteiger partial charge in [-0.1, -0.05) is 0 Å². The Bertz CT molecular complexity index is 533. The number of aromatic amines is 1. The first kappa shape index (κ1) is 10.2. The summed E-state index contributed by atoms with van der Waals surface area (Å²) in [6.07, 6.45) is 0. The number of aromatic nitrogens is 2. The van der Waals surface area contributed by atoms with E-state index in [1.54, 1.807) is 0 Å². The van der Waals surface area contributed by atoms with Gasteiger partial charge in [-0.3, -0.25) is 5.10 Å². The number of benzene rings is 1. The van der Waals surface area contributed by atoms with Crippen molar-refractivity contribution >= 4 is 11.7 Å². The van der Waals surface area contributed by atoms with Crippen LogP contribution in [0.25, 0.3) is 11.3 Å². The van der Waals surface area contributed by atoms with E-state index < -0.39 is 5.97 Å². The number of H-pyrrole nitrogens is 1. The zero-order valence-electron chi connectivity index (χ0n) is 8.07. The number of hydrogen-bond donors (Lipinski definition) is 3. The van der Waals surface area contributed by atoms with Crippen LogP contribution in [0.4, 0.5) is 10.1 Å². The van der Waals surface area contributed by atoms with Gasteiger partial charge in [0.15, 0.2) is 5.69 Å². The third-order valence-corrected chi connectivity index (χ3v) is 2.14. The highest BCUT2D eigenvalue weighted by Crippen LogP contribution is 2.25. The number of nitrogens with two attached hydrogens (primary N) is 1. The Labute approximate surface area is 89.7 Å². The van der Waals surface area contributed by atoms with E-state index in [9.17, 15) is 9.18 Å². The van der Waals surface area contributed by atoms with Crippen molar-refractivity contribution in [3.05, 3.63) is 35.8 Å². The van der Waals surface area contributed by atoms with Gasteiger partial charge in [0.2, 0.25) is 0 Å². The van der Waals surface area contributed by atoms with Crippen molar-refractivity contribution in [2.24, 2.45) is 0 Å². The number of carbonyl (C=O) groups is 1. The summed E-state index contributed by atoms with van der Waals surface area (Å²) in [5.41, 5.74) is 6.34. The van der Waals surface area contributed by atoms with Gasteiger partial charge >= 0.3 is 5.97 Å². The van der Waals surface area contributed by atoms with Crippen LogP contribution in [0.3, 0.4) is 0 Å². The molecule has 0 aliphatic carbocycles. The van der Waals surface area contributed by atoms with Gasteiger partial charge in [0, 0.05) is 5.56 Å². The highest BCUT2D eigenvalue weighted by Gasteiger charge is 2.16. The lowest BCUT2D eigenvalue weighted by Gasteiger charge is -1.98. The van der Waals surface area contributed by atoms with E-state index in [0.29, 0.717) is 11.3 Å². The Kier molecular flexibility index (Phi) is 2.32. The molecule has 4 N–H and O–H groups in total. The van der Waals surface area contributed by atoms with Crippen LogP contribution in [-0.4, -0.2) is 21.3 Å². The monoisotopic (exact) mass is 221 g/mol. The van der Waals surface area contributed by atoms with Crippen LogP contribution < -0.4 is 5.73 Å². The van der Waals surface area contributed by atoms with Gasteiger partial charge in [0.25, 0.3) is 0 Å². The van der Waals surface area contributed by atoms with E-state index in [0.717, 1.165) is 0 Å². The first-order valence-corrected chi connectivity index (χ1v) is 4.42. The molecule has 0 atom stereocenters. The molecule has 6 heteroatoms. The molecule has 0 saturated heterocycles. The number of aromatic carboxylic acids is 1. The van der Waals surface area contributed by atoms with Gasteiger partial charge in [0.1, 0.15) is 11.5 Å². The summed E-state index contributed by atoms with van der Waals surface area (Å²) in [4.78, 5) is 10.7. The lowest BCUT2D eigenvalue weighted by atomic mass is 10.1. The summed E-state index contributed by atoms with van der Waals surface area (Å²) in [6, 6.07) is 5.47. The van der Waals surface area contributed by atoms with E-state index in [1.165, 1.54) is 24.3 Å². The SMILES string of the molecule is Nc1c(-c2ccc(F)cc2)n[nH]c1C(=O)O. The number of carboxylic acid groups (broad SMARTS) is 1. The van der Waals surface area contributed by atoms with Crippen molar-refractivity contribution in [3.8, 4) is 11.3 Å². The van der Waals surface area contributed by atoms with Gasteiger partial charge in [-0.05, 0) is 24.3 Å². The normalized spacial score (nSPS) is 10.3. The predicted octanol–water partition coefficient (Wildman–Crippen LogP) is 1.50. The van der Waals surface area contributed by atoms with E-state index in [4.69, 9.17) is 10.8 Å². The molecule has 0 amide bonds. The maximum Gasteiger partial charge on any atom is 0.356 e. The third-order valence-electron chi connectivity index (χ3n) is 2.14. The van der Waals surface area contributed by atoms with E-state index >= 15 is 0 Å². The minimum absolute atomic E-state index is 0.0408. The van der Waals surface area contributed by atoms with E-state index in [1.807, 2.05) is 0 Å². The molecule has 1 aromatic heterocycles. The van der Waals surface area contributed by atoms with Gasteiger partial charge in [-0.2, -0.15) is 5.10 Å². The number of halogens is 1. The number of nitrogens with zero attached hydrogens (tertiary/aromatic N) is 1. The molecular weight excluding hydrogens is 213 g/mol. The first-order chi connectivity index (χ1) is 7.59. The Hall–Kier alpha value is -2.37. The standard InChI is InChI=1S/C10H8FN3O2/c11-6-3-1-5(2-4-6)8-7(12)9(10(15)16)14-13-8/h1-4H,12H2,(H,13,14)(H,15,16). The van der Waals surface area contributed by atoms with Gasteiger partial charge in [0.05, 0.1) is 5.69 Å². The highest BCUT2D eigenvalue weighted by atomic mass is 19.1. The molecule has 0 unspecified atom stereocenters. The zero-order chi connectivity index (χ0) is 11.7. The summed E-state index contributed by atoms with van der Waals surface area (Å²) in [7, 11) is 0. The van der Waals surface area contributed by atoms with Crippen LogP contribution in [-0.2, 0) is 0 Å². The summed E-state index contributed by atoms with van der Waals surface area (Å²) in [5, 5.41) is 14.9. The highest BCUT2D eigenvalue weighted by molar-refractivity contribution is 5.95. The van der Waals surface area contributed by atoms with Crippen molar-refractivity contribution in [1.29, 1.82) is 0 Å². The van der Waals surface area contributed by atoms with Gasteiger partial charge in [-0.15, -0.1) is 0 Å². The molecule has 0 spiro atoms. The van der Waals surface area contributed by atoms with Crippen LogP contribution in [0.5, 0.6) is 0 Å². The average molecular weight is 221 g/mol. The van der Waals surface area contributed by atoms with Crippen molar-refractivity contribution in [3.63, 3.8) is 0 Å². The minimum Gasteiger partial charge on any atom is -0.476 e. The van der Waals surface area contributed by atoms with Crippen LogP contribution in [0.1, 0.15) is 10.5 Å². The summed E-state index contributed by atoms with van der Waals surface area (Å²) in [6.45, 7) is 0. The third kappa shape index (κ3) is 1.60. The smallest absolute Gasteiger partial charge is 0.356 e. The van der Waals surface area contributed by atoms with Crippen molar-refractivity contribution in [2.75, 3.05) is 5.73 Å². The Morgan fingerprint density at radius 2 is 2.00 bits per heavy atom. The number of rotatable bonds is 2. The molecule has 82 valence electrons. The number of hydrogen-bond acceptors (Lipinski definition) is 3. The summed E-state index contributed by atoms with van der Waals surface area (Å²) >= 11 is 0. The van der Waals surface area contributed by atoms with Crippen molar-refractivity contribution in [1.82, 2.24) is 10.2 Å². The second-order valence-corrected chi connectivity index (χ2v) is 3.17. The number of nitrogen functional groups attached to an aromatic ring is 1. The second kappa shape index (κ2) is 3.65. The molecule has 0 bridgehead atoms. The molecule has 16 heavy (non-hydrogen) atoms. The molecule has 0 aliphatic heterocycles. The molecule has 0 aliphatic rings. The van der Waals surface area contributed by atoms with E-state index in [2.05, 4.69) is 10.2 Å². The zero-order valence-corrected chi connectivity index (χ0v) is 8.07. The fraction of sp³-hybridized carbons (Fsp3) is 0. The Balaban J connectivity index is 2.49. The molecule has 1 aromatic carbocycles. The van der Waals surface area contributed by atoms with Crippen LogP contribution in [0, 0.1) is 5.82 Å². The summed E-state index contributed by atoms with van der Waals surface area (Å²) < 4.78 is 12.7. The number of nitrogens with one attached hydrogen (secondary N) is 1. The van der Waals surface area contributed by atoms with Crippen LogP contribution >= 0.6 is 0 Å². The van der Waals surface area contributed by atoms with Gasteiger partial charge < -0.3 is 10.8 Å². The second-order valence-electron chi connectivity index (χ2n) is 3.17. The topological polar surface area (TPSA) is 92.0 Å². The minimum atomic E-state index is -1.18. The molecule has 0 saturated carbocycles. The van der Waals surface area contributed by atoms with Crippen LogP contribution in [0.15, 0.2) is 24.3 Å². The maximum absolute atomic E-state index is 12.7. The van der Waals surface area contributed by atoms with E-state index in [-0.39, 0.29) is 17.2 Å². The van der Waals surface area contributed by atoms with Gasteiger partial charge in [-0.25, -0.2) is 9.18 Å². The van der Waals surface area contributed by atoms with Crippen LogP contribution in [0.2, 0.25) is 0 Å². The largest absolute Gasteiger partial charge is 0.476 e. The molecular formula is C10H8FN3O2. The lowest BCUT2D eigenvalue weighted by molar-refractivity contribution is 0.0691. The summed E-state index contributed by atoms with van der Waals surface area (Å²) in [5.74, 6) is -1.56. The molecule has 5 nitrogen and oxygen atoms in total.